The summed E-state index contributed by atoms with van der Waals surface area (Å²) in [6.07, 6.45) is -7.59. The fourth-order valence-electron chi connectivity index (χ4n) is 1.30. The third-order valence-corrected chi connectivity index (χ3v) is 2.42. The lowest BCUT2D eigenvalue weighted by molar-refractivity contribution is -1.16. The van der Waals surface area contributed by atoms with Crippen LogP contribution in [0, 0.1) is 0 Å². The van der Waals surface area contributed by atoms with E-state index in [2.05, 4.69) is 4.43 Å². The van der Waals surface area contributed by atoms with Crippen LogP contribution in [0.4, 0.5) is 17.7 Å². The van der Waals surface area contributed by atoms with E-state index in [4.69, 9.17) is 0 Å². The van der Waals surface area contributed by atoms with Crippen molar-refractivity contribution in [3.63, 3.8) is 0 Å². The van der Waals surface area contributed by atoms with Gasteiger partial charge in [0.25, 0.3) is 6.30 Å². The number of halogens is 4. The highest BCUT2D eigenvalue weighted by atomic mass is 28.3. The summed E-state index contributed by atoms with van der Waals surface area (Å²) in [5.74, 6) is 0. The van der Waals surface area contributed by atoms with Crippen LogP contribution in [-0.4, -0.2) is 32.9 Å². The molecule has 1 saturated heterocycles. The molecule has 14 heavy (non-hydrogen) atoms. The highest BCUT2D eigenvalue weighted by Crippen LogP contribution is 2.40. The van der Waals surface area contributed by atoms with Crippen LogP contribution in [0.3, 0.4) is 0 Å². The lowest BCUT2D eigenvalue weighted by atomic mass is 10.4. The maximum absolute atomic E-state index is 13.3. The van der Waals surface area contributed by atoms with Crippen LogP contribution in [0.1, 0.15) is 12.8 Å². The Morgan fingerprint density at radius 2 is 2.14 bits per heavy atom. The van der Waals surface area contributed by atoms with Crippen LogP contribution in [0.5, 0.6) is 0 Å². The molecule has 0 aromatic carbocycles. The quantitative estimate of drug-likeness (QED) is 0.301. The van der Waals surface area contributed by atoms with Gasteiger partial charge in [0.05, 0.1) is 0 Å². The first-order valence-corrected chi connectivity index (χ1v) is 5.01. The first-order valence-electron chi connectivity index (χ1n) is 3.79. The summed E-state index contributed by atoms with van der Waals surface area (Å²) in [7, 11) is -4.26. The monoisotopic (exact) mass is 233 g/mol. The smallest absolute Gasteiger partial charge is 0.483 e. The average molecular weight is 233 g/mol. The Hall–Kier alpha value is -0.703. The Kier molecular flexibility index (Phi) is 2.81. The summed E-state index contributed by atoms with van der Waals surface area (Å²) in [6, 6.07) is 0. The highest BCUT2D eigenvalue weighted by Gasteiger charge is 2.64. The number of rotatable bonds is 3. The molecule has 82 valence electrons. The largest absolute Gasteiger partial charge is 0.541 e. The first-order chi connectivity index (χ1) is 6.29. The van der Waals surface area contributed by atoms with Crippen molar-refractivity contribution < 1.29 is 36.0 Å². The average Bonchev–Trinajstić information content (AvgIpc) is 2.31. The molecule has 0 aliphatic carbocycles. The van der Waals surface area contributed by atoms with Crippen molar-refractivity contribution in [2.24, 2.45) is 0 Å². The molecule has 0 spiro atoms. The van der Waals surface area contributed by atoms with Crippen molar-refractivity contribution in [3.05, 3.63) is 0 Å². The number of alkyl halides is 3. The van der Waals surface area contributed by atoms with E-state index >= 15 is 0 Å². The number of likely N-dealkylation sites (tertiary alicyclic amines) is 1. The second-order valence-corrected chi connectivity index (χ2v) is 3.61. The zero-order chi connectivity index (χ0) is 11.0. The van der Waals surface area contributed by atoms with E-state index in [1.807, 2.05) is 0 Å². The van der Waals surface area contributed by atoms with Crippen LogP contribution in [0.25, 0.3) is 0 Å². The standard InChI is InChI=1S/C5H7F4NO3Si/c6-4-2-1-3-10(4,9)5(7,8)13-14(11)12/h4H,1-3H2. The van der Waals surface area contributed by atoms with E-state index in [1.54, 1.807) is 0 Å². The predicted octanol–water partition coefficient (Wildman–Crippen LogP) is 0.120. The third kappa shape index (κ3) is 1.73. The van der Waals surface area contributed by atoms with Gasteiger partial charge < -0.3 is 13.7 Å². The Labute approximate surface area is 78.1 Å². The molecule has 4 nitrogen and oxygen atoms in total. The summed E-state index contributed by atoms with van der Waals surface area (Å²) >= 11 is 0. The Morgan fingerprint density at radius 3 is 2.50 bits per heavy atom. The van der Waals surface area contributed by atoms with E-state index in [-0.39, 0.29) is 12.8 Å². The second kappa shape index (κ2) is 3.46. The molecule has 1 aliphatic heterocycles. The van der Waals surface area contributed by atoms with Crippen LogP contribution in [-0.2, 0) is 8.89 Å². The first kappa shape index (κ1) is 11.4. The number of hydrogen-bond donors (Lipinski definition) is 0. The van der Waals surface area contributed by atoms with Gasteiger partial charge in [0.2, 0.25) is 0 Å². The molecule has 9 heteroatoms. The van der Waals surface area contributed by atoms with E-state index in [0.717, 1.165) is 0 Å². The molecule has 1 fully saturated rings. The molecule has 0 aromatic heterocycles. The molecule has 1 aliphatic rings. The molecule has 0 radical (unpaired) electrons. The van der Waals surface area contributed by atoms with Crippen molar-refractivity contribution in [1.82, 2.24) is 0 Å². The van der Waals surface area contributed by atoms with Gasteiger partial charge in [-0.25, -0.2) is 0 Å². The summed E-state index contributed by atoms with van der Waals surface area (Å²) < 4.78 is 61.8. The van der Waals surface area contributed by atoms with Crippen molar-refractivity contribution in [3.8, 4) is 0 Å². The third-order valence-electron chi connectivity index (χ3n) is 2.01. The van der Waals surface area contributed by atoms with Gasteiger partial charge in [0.15, 0.2) is 0 Å². The summed E-state index contributed by atoms with van der Waals surface area (Å²) in [5, 5.41) is 0. The van der Waals surface area contributed by atoms with E-state index in [1.165, 1.54) is 0 Å². The van der Waals surface area contributed by atoms with E-state index in [9.17, 15) is 26.9 Å². The molecule has 2 atom stereocenters. The van der Waals surface area contributed by atoms with Crippen molar-refractivity contribution in [1.29, 1.82) is 0 Å². The second-order valence-electron chi connectivity index (χ2n) is 2.91. The van der Waals surface area contributed by atoms with Crippen molar-refractivity contribution >= 4 is 9.17 Å². The number of nitrogens with zero attached hydrogens (tertiary/aromatic N) is 1. The Bertz CT molecular complexity index is 253. The molecule has 0 bridgehead atoms. The van der Waals surface area contributed by atoms with E-state index in [0.29, 0.717) is 0 Å². The normalized spacial score (nSPS) is 33.0. The number of quaternary nitrogens is 1. The minimum atomic E-state index is -4.67. The zero-order valence-corrected chi connectivity index (χ0v) is 7.88. The molecule has 0 aromatic rings. The van der Waals surface area contributed by atoms with Gasteiger partial charge >= 0.3 is 15.4 Å². The Morgan fingerprint density at radius 1 is 1.57 bits per heavy atom. The number of hydrogen-bond acceptors (Lipinski definition) is 3. The lowest BCUT2D eigenvalue weighted by Gasteiger charge is -2.31. The van der Waals surface area contributed by atoms with Gasteiger partial charge in [-0.2, -0.15) is 4.39 Å². The van der Waals surface area contributed by atoms with Crippen molar-refractivity contribution in [2.75, 3.05) is 6.54 Å². The van der Waals surface area contributed by atoms with Gasteiger partial charge in [-0.3, -0.25) is 0 Å². The van der Waals surface area contributed by atoms with Crippen molar-refractivity contribution in [2.45, 2.75) is 25.4 Å². The minimum Gasteiger partial charge on any atom is -0.483 e. The topological polar surface area (TPSA) is 49.4 Å². The molecule has 2 unspecified atom stereocenters. The maximum atomic E-state index is 13.3. The molecular formula is C5H7F4NO3Si. The fraction of sp³-hybridized carbons (Fsp3) is 1.00. The van der Waals surface area contributed by atoms with Crippen LogP contribution >= 0.6 is 0 Å². The van der Waals surface area contributed by atoms with Gasteiger partial charge in [0.1, 0.15) is 6.54 Å². The highest BCUT2D eigenvalue weighted by molar-refractivity contribution is 6.21. The van der Waals surface area contributed by atoms with Gasteiger partial charge in [-0.1, -0.05) is 0 Å². The molecular weight excluding hydrogens is 226 g/mol. The Balaban J connectivity index is 2.84. The van der Waals surface area contributed by atoms with Crippen LogP contribution in [0.2, 0.25) is 0 Å². The minimum absolute atomic E-state index is 0.0869. The SMILES string of the molecule is O=[Si]([O-])OC(F)(F)[N+]1(F)CCCC1F. The summed E-state index contributed by atoms with van der Waals surface area (Å²) in [5.41, 5.74) is 0. The molecule has 1 rings (SSSR count). The summed E-state index contributed by atoms with van der Waals surface area (Å²) in [6.45, 7) is -0.802. The maximum Gasteiger partial charge on any atom is 0.541 e. The molecule has 0 amide bonds. The molecule has 0 N–H and O–H groups in total. The van der Waals surface area contributed by atoms with E-state index < -0.39 is 32.9 Å². The van der Waals surface area contributed by atoms with Crippen LogP contribution in [0.15, 0.2) is 0 Å². The lowest BCUT2D eigenvalue weighted by Crippen LogP contribution is -2.58. The molecule has 0 saturated carbocycles. The predicted molar refractivity (Wildman–Crippen MR) is 32.8 cm³/mol. The summed E-state index contributed by atoms with van der Waals surface area (Å²) in [4.78, 5) is 9.89. The zero-order valence-electron chi connectivity index (χ0n) is 6.88. The molecule has 1 heterocycles. The van der Waals surface area contributed by atoms with Gasteiger partial charge in [0, 0.05) is 17.3 Å². The van der Waals surface area contributed by atoms with Gasteiger partial charge in [-0.15, -0.1) is 8.78 Å². The van der Waals surface area contributed by atoms with Crippen LogP contribution < -0.4 is 4.80 Å². The van der Waals surface area contributed by atoms with Gasteiger partial charge in [-0.05, 0) is 4.71 Å². The fourth-order valence-corrected chi connectivity index (χ4v) is 1.66.